The van der Waals surface area contributed by atoms with Gasteiger partial charge in [0.2, 0.25) is 0 Å². The molecule has 1 N–H and O–H groups in total. The molecule has 2 heteroatoms. The highest BCUT2D eigenvalue weighted by molar-refractivity contribution is 5.31. The fourth-order valence-electron chi connectivity index (χ4n) is 3.10. The fourth-order valence-corrected chi connectivity index (χ4v) is 3.10. The average molecular weight is 289 g/mol. The molecule has 1 saturated carbocycles. The van der Waals surface area contributed by atoms with Gasteiger partial charge in [0.15, 0.2) is 0 Å². The summed E-state index contributed by atoms with van der Waals surface area (Å²) in [6, 6.07) is 7.10. The lowest BCUT2D eigenvalue weighted by molar-refractivity contribution is 0.0828. The Kier molecular flexibility index (Phi) is 6.72. The van der Waals surface area contributed by atoms with Crippen LogP contribution < -0.4 is 5.32 Å². The average Bonchev–Trinajstić information content (AvgIpc) is 2.99. The predicted molar refractivity (Wildman–Crippen MR) is 89.7 cm³/mol. The summed E-state index contributed by atoms with van der Waals surface area (Å²) in [7, 11) is 0. The van der Waals surface area contributed by atoms with Crippen molar-refractivity contribution in [1.29, 1.82) is 0 Å². The molecule has 1 fully saturated rings. The van der Waals surface area contributed by atoms with Crippen LogP contribution in [-0.4, -0.2) is 19.8 Å². The molecule has 1 atom stereocenters. The van der Waals surface area contributed by atoms with Crippen LogP contribution in [0, 0.1) is 19.8 Å². The van der Waals surface area contributed by atoms with E-state index in [2.05, 4.69) is 44.3 Å². The molecule has 0 aliphatic heterocycles. The van der Waals surface area contributed by atoms with Gasteiger partial charge in [-0.3, -0.25) is 0 Å². The third kappa shape index (κ3) is 5.12. The van der Waals surface area contributed by atoms with Gasteiger partial charge in [-0.1, -0.05) is 38.0 Å². The van der Waals surface area contributed by atoms with Crippen LogP contribution in [0.1, 0.15) is 61.8 Å². The number of hydrogen-bond donors (Lipinski definition) is 1. The molecular formula is C19H31NO. The van der Waals surface area contributed by atoms with Crippen molar-refractivity contribution in [3.8, 4) is 0 Å². The van der Waals surface area contributed by atoms with Crippen LogP contribution in [0.2, 0.25) is 0 Å². The third-order valence-corrected chi connectivity index (χ3v) is 4.69. The first-order valence-electron chi connectivity index (χ1n) is 8.59. The summed E-state index contributed by atoms with van der Waals surface area (Å²) in [6.07, 6.45) is 6.66. The van der Waals surface area contributed by atoms with Crippen molar-refractivity contribution >= 4 is 0 Å². The van der Waals surface area contributed by atoms with Crippen LogP contribution in [-0.2, 0) is 4.74 Å². The molecule has 1 aromatic rings. The molecule has 1 unspecified atom stereocenters. The highest BCUT2D eigenvalue weighted by Gasteiger charge is 2.17. The van der Waals surface area contributed by atoms with Gasteiger partial charge in [0.1, 0.15) is 0 Å². The van der Waals surface area contributed by atoms with E-state index < -0.39 is 0 Å². The summed E-state index contributed by atoms with van der Waals surface area (Å²) in [5, 5.41) is 3.63. The Morgan fingerprint density at radius 1 is 1.19 bits per heavy atom. The molecule has 1 aromatic carbocycles. The van der Waals surface area contributed by atoms with Gasteiger partial charge >= 0.3 is 0 Å². The molecule has 118 valence electrons. The normalized spacial score (nSPS) is 17.3. The van der Waals surface area contributed by atoms with Crippen LogP contribution in [0.5, 0.6) is 0 Å². The second-order valence-electron chi connectivity index (χ2n) is 6.54. The molecule has 1 aliphatic rings. The lowest BCUT2D eigenvalue weighted by Gasteiger charge is -2.21. The van der Waals surface area contributed by atoms with E-state index in [4.69, 9.17) is 4.74 Å². The Balaban J connectivity index is 1.90. The zero-order chi connectivity index (χ0) is 15.1. The van der Waals surface area contributed by atoms with E-state index in [1.165, 1.54) is 42.4 Å². The molecule has 0 aromatic heterocycles. The maximum atomic E-state index is 6.04. The Morgan fingerprint density at radius 3 is 2.62 bits per heavy atom. The van der Waals surface area contributed by atoms with Crippen molar-refractivity contribution < 1.29 is 4.74 Å². The van der Waals surface area contributed by atoms with Gasteiger partial charge < -0.3 is 10.1 Å². The van der Waals surface area contributed by atoms with Crippen LogP contribution >= 0.6 is 0 Å². The van der Waals surface area contributed by atoms with Gasteiger partial charge in [-0.25, -0.2) is 0 Å². The topological polar surface area (TPSA) is 21.3 Å². The number of ether oxygens (including phenoxy) is 1. The molecule has 0 amide bonds. The molecular weight excluding hydrogens is 258 g/mol. The molecule has 21 heavy (non-hydrogen) atoms. The monoisotopic (exact) mass is 289 g/mol. The Labute approximate surface area is 130 Å². The standard InChI is InChI=1S/C19H31NO/c1-4-11-20-19(14-21-13-17-7-5-6-8-17)18-10-9-15(2)16(3)12-18/h9-10,12,17,19-20H,4-8,11,13-14H2,1-3H3. The number of aryl methyl sites for hydroxylation is 2. The molecule has 0 heterocycles. The number of nitrogens with one attached hydrogen (secondary N) is 1. The van der Waals surface area contributed by atoms with Crippen LogP contribution in [0.25, 0.3) is 0 Å². The highest BCUT2D eigenvalue weighted by Crippen LogP contribution is 2.25. The maximum absolute atomic E-state index is 6.04. The molecule has 1 aliphatic carbocycles. The van der Waals surface area contributed by atoms with Gasteiger partial charge in [-0.15, -0.1) is 0 Å². The highest BCUT2D eigenvalue weighted by atomic mass is 16.5. The van der Waals surface area contributed by atoms with E-state index >= 15 is 0 Å². The summed E-state index contributed by atoms with van der Waals surface area (Å²) < 4.78 is 6.04. The van der Waals surface area contributed by atoms with E-state index in [0.717, 1.165) is 32.1 Å². The first-order valence-corrected chi connectivity index (χ1v) is 8.59. The largest absolute Gasteiger partial charge is 0.379 e. The van der Waals surface area contributed by atoms with E-state index in [9.17, 15) is 0 Å². The molecule has 2 nitrogen and oxygen atoms in total. The Hall–Kier alpha value is -0.860. The van der Waals surface area contributed by atoms with E-state index in [0.29, 0.717) is 6.04 Å². The van der Waals surface area contributed by atoms with Gasteiger partial charge in [-0.2, -0.15) is 0 Å². The van der Waals surface area contributed by atoms with Crippen molar-refractivity contribution in [3.05, 3.63) is 34.9 Å². The van der Waals surface area contributed by atoms with Crippen molar-refractivity contribution in [2.75, 3.05) is 19.8 Å². The van der Waals surface area contributed by atoms with Crippen molar-refractivity contribution in [2.45, 2.75) is 58.9 Å². The lowest BCUT2D eigenvalue weighted by Crippen LogP contribution is -2.27. The van der Waals surface area contributed by atoms with Crippen molar-refractivity contribution in [2.24, 2.45) is 5.92 Å². The molecule has 2 rings (SSSR count). The zero-order valence-corrected chi connectivity index (χ0v) is 14.0. The third-order valence-electron chi connectivity index (χ3n) is 4.69. The van der Waals surface area contributed by atoms with E-state index in [-0.39, 0.29) is 0 Å². The minimum absolute atomic E-state index is 0.325. The number of rotatable bonds is 8. The minimum Gasteiger partial charge on any atom is -0.379 e. The summed E-state index contributed by atoms with van der Waals surface area (Å²) in [4.78, 5) is 0. The maximum Gasteiger partial charge on any atom is 0.0661 e. The summed E-state index contributed by atoms with van der Waals surface area (Å²) in [5.74, 6) is 0.802. The molecule has 0 spiro atoms. The Bertz CT molecular complexity index is 424. The quantitative estimate of drug-likeness (QED) is 0.758. The number of benzene rings is 1. The van der Waals surface area contributed by atoms with Crippen LogP contribution in [0.3, 0.4) is 0 Å². The van der Waals surface area contributed by atoms with Gasteiger partial charge in [0.05, 0.1) is 12.6 Å². The first kappa shape index (κ1) is 16.5. The first-order chi connectivity index (χ1) is 10.2. The summed E-state index contributed by atoms with van der Waals surface area (Å²) >= 11 is 0. The summed E-state index contributed by atoms with van der Waals surface area (Å²) in [5.41, 5.74) is 4.09. The Morgan fingerprint density at radius 2 is 1.95 bits per heavy atom. The minimum atomic E-state index is 0.325. The van der Waals surface area contributed by atoms with Crippen LogP contribution in [0.4, 0.5) is 0 Å². The fraction of sp³-hybridized carbons (Fsp3) is 0.684. The lowest BCUT2D eigenvalue weighted by atomic mass is 10.0. The number of hydrogen-bond acceptors (Lipinski definition) is 2. The predicted octanol–water partition coefficient (Wildman–Crippen LogP) is 4.55. The second kappa shape index (κ2) is 8.55. The van der Waals surface area contributed by atoms with E-state index in [1.807, 2.05) is 0 Å². The van der Waals surface area contributed by atoms with E-state index in [1.54, 1.807) is 0 Å². The zero-order valence-electron chi connectivity index (χ0n) is 14.0. The second-order valence-corrected chi connectivity index (χ2v) is 6.54. The molecule has 0 radical (unpaired) electrons. The SMILES string of the molecule is CCCNC(COCC1CCCC1)c1ccc(C)c(C)c1. The van der Waals surface area contributed by atoms with Gasteiger partial charge in [-0.05, 0) is 62.3 Å². The van der Waals surface area contributed by atoms with Crippen LogP contribution in [0.15, 0.2) is 18.2 Å². The molecule has 0 saturated heterocycles. The van der Waals surface area contributed by atoms with Gasteiger partial charge in [0.25, 0.3) is 0 Å². The van der Waals surface area contributed by atoms with Gasteiger partial charge in [0, 0.05) is 6.61 Å². The molecule has 0 bridgehead atoms. The van der Waals surface area contributed by atoms with Crippen molar-refractivity contribution in [3.63, 3.8) is 0 Å². The summed E-state index contributed by atoms with van der Waals surface area (Å²) in [6.45, 7) is 9.35. The van der Waals surface area contributed by atoms with Crippen molar-refractivity contribution in [1.82, 2.24) is 5.32 Å². The smallest absolute Gasteiger partial charge is 0.0661 e.